The van der Waals surface area contributed by atoms with Gasteiger partial charge < -0.3 is 10.0 Å². The monoisotopic (exact) mass is 240 g/mol. The molecule has 1 saturated heterocycles. The van der Waals surface area contributed by atoms with Crippen LogP contribution in [0.5, 0.6) is 0 Å². The molecule has 4 heteroatoms. The van der Waals surface area contributed by atoms with Crippen molar-refractivity contribution < 1.29 is 9.90 Å². The molecule has 0 amide bonds. The summed E-state index contributed by atoms with van der Waals surface area (Å²) in [7, 11) is 0. The molecule has 1 unspecified atom stereocenters. The van der Waals surface area contributed by atoms with E-state index in [-0.39, 0.29) is 0 Å². The molecule has 0 spiro atoms. The summed E-state index contributed by atoms with van der Waals surface area (Å²) >= 11 is 0. The van der Waals surface area contributed by atoms with Gasteiger partial charge in [-0.15, -0.1) is 0 Å². The van der Waals surface area contributed by atoms with Crippen molar-refractivity contribution in [3.63, 3.8) is 0 Å². The number of hydrogen-bond donors (Lipinski definition) is 2. The number of carboxylic acids is 1. The smallest absolute Gasteiger partial charge is 0.324 e. The van der Waals surface area contributed by atoms with Crippen molar-refractivity contribution in [1.29, 1.82) is 0 Å². The van der Waals surface area contributed by atoms with Crippen molar-refractivity contribution >= 4 is 5.97 Å². The molecular formula is C13H24N2O2. The van der Waals surface area contributed by atoms with Crippen LogP contribution in [-0.2, 0) is 4.79 Å². The predicted molar refractivity (Wildman–Crippen MR) is 67.0 cm³/mol. The highest BCUT2D eigenvalue weighted by Gasteiger charge is 2.40. The highest BCUT2D eigenvalue weighted by molar-refractivity contribution is 5.78. The van der Waals surface area contributed by atoms with Crippen LogP contribution in [0, 0.1) is 5.92 Å². The average Bonchev–Trinajstić information content (AvgIpc) is 3.05. The lowest BCUT2D eigenvalue weighted by Gasteiger charge is -2.36. The molecule has 0 aromatic rings. The molecule has 2 fully saturated rings. The van der Waals surface area contributed by atoms with Crippen LogP contribution in [0.1, 0.15) is 39.5 Å². The lowest BCUT2D eigenvalue weighted by atomic mass is 9.95. The van der Waals surface area contributed by atoms with Gasteiger partial charge in [-0.3, -0.25) is 10.1 Å². The maximum absolute atomic E-state index is 11.4. The molecule has 0 radical (unpaired) electrons. The molecule has 0 aromatic heterocycles. The molecular weight excluding hydrogens is 216 g/mol. The number of carboxylic acid groups (broad SMARTS) is 1. The van der Waals surface area contributed by atoms with Gasteiger partial charge in [-0.25, -0.2) is 0 Å². The van der Waals surface area contributed by atoms with E-state index in [0.29, 0.717) is 12.6 Å². The number of likely N-dealkylation sites (tertiary alicyclic amines) is 1. The Hall–Kier alpha value is -0.610. The molecule has 0 aromatic carbocycles. The predicted octanol–water partition coefficient (Wildman–Crippen LogP) is 1.31. The normalized spacial score (nSPS) is 26.7. The molecule has 1 heterocycles. The van der Waals surface area contributed by atoms with E-state index in [9.17, 15) is 9.90 Å². The first kappa shape index (κ1) is 12.8. The van der Waals surface area contributed by atoms with Gasteiger partial charge in [0, 0.05) is 12.6 Å². The maximum atomic E-state index is 11.4. The van der Waals surface area contributed by atoms with Crippen molar-refractivity contribution in [2.75, 3.05) is 19.6 Å². The third-order valence-corrected chi connectivity index (χ3v) is 3.99. The van der Waals surface area contributed by atoms with E-state index < -0.39 is 11.5 Å². The van der Waals surface area contributed by atoms with Crippen molar-refractivity contribution in [3.8, 4) is 0 Å². The summed E-state index contributed by atoms with van der Waals surface area (Å²) < 4.78 is 0. The van der Waals surface area contributed by atoms with Crippen molar-refractivity contribution in [2.45, 2.75) is 51.1 Å². The Morgan fingerprint density at radius 3 is 2.41 bits per heavy atom. The van der Waals surface area contributed by atoms with Crippen LogP contribution in [0.2, 0.25) is 0 Å². The van der Waals surface area contributed by atoms with E-state index in [2.05, 4.69) is 17.1 Å². The van der Waals surface area contributed by atoms with Crippen LogP contribution in [0.4, 0.5) is 0 Å². The van der Waals surface area contributed by atoms with E-state index in [1.807, 2.05) is 6.92 Å². The summed E-state index contributed by atoms with van der Waals surface area (Å²) in [5.41, 5.74) is -0.776. The largest absolute Gasteiger partial charge is 0.480 e. The summed E-state index contributed by atoms with van der Waals surface area (Å²) in [5.74, 6) is 0.0711. The summed E-state index contributed by atoms with van der Waals surface area (Å²) in [6, 6.07) is 0.430. The van der Waals surface area contributed by atoms with Gasteiger partial charge in [0.25, 0.3) is 0 Å². The average molecular weight is 240 g/mol. The minimum absolute atomic E-state index is 0.430. The van der Waals surface area contributed by atoms with Gasteiger partial charge in [-0.2, -0.15) is 0 Å². The van der Waals surface area contributed by atoms with Crippen LogP contribution >= 0.6 is 0 Å². The van der Waals surface area contributed by atoms with Crippen LogP contribution in [0.25, 0.3) is 0 Å². The Kier molecular flexibility index (Phi) is 3.73. The molecule has 98 valence electrons. The van der Waals surface area contributed by atoms with Crippen molar-refractivity contribution in [3.05, 3.63) is 0 Å². The Bertz CT molecular complexity index is 283. The summed E-state index contributed by atoms with van der Waals surface area (Å²) in [6.45, 7) is 6.81. The third-order valence-electron chi connectivity index (χ3n) is 3.99. The van der Waals surface area contributed by atoms with E-state index in [1.54, 1.807) is 0 Å². The zero-order valence-electron chi connectivity index (χ0n) is 10.9. The Balaban J connectivity index is 1.90. The van der Waals surface area contributed by atoms with Gasteiger partial charge in [0.05, 0.1) is 0 Å². The first-order valence-electron chi connectivity index (χ1n) is 6.73. The standard InChI is InChI=1S/C13H24N2O2/c1-10-5-7-15(8-6-10)9-13(2,12(16)17)14-11-3-4-11/h10-11,14H,3-9H2,1-2H3,(H,16,17). The molecule has 1 saturated carbocycles. The highest BCUT2D eigenvalue weighted by atomic mass is 16.4. The van der Waals surface area contributed by atoms with Crippen LogP contribution in [0.3, 0.4) is 0 Å². The Morgan fingerprint density at radius 1 is 1.35 bits per heavy atom. The Morgan fingerprint density at radius 2 is 1.94 bits per heavy atom. The molecule has 0 bridgehead atoms. The second kappa shape index (κ2) is 4.94. The topological polar surface area (TPSA) is 52.6 Å². The number of rotatable bonds is 5. The first-order valence-corrected chi connectivity index (χ1v) is 6.73. The van der Waals surface area contributed by atoms with Crippen LogP contribution in [-0.4, -0.2) is 47.2 Å². The molecule has 2 aliphatic rings. The fourth-order valence-corrected chi connectivity index (χ4v) is 2.52. The molecule has 17 heavy (non-hydrogen) atoms. The lowest BCUT2D eigenvalue weighted by molar-refractivity contribution is -0.145. The van der Waals surface area contributed by atoms with Gasteiger partial charge in [0.15, 0.2) is 0 Å². The number of nitrogens with one attached hydrogen (secondary N) is 1. The number of aliphatic carboxylic acids is 1. The van der Waals surface area contributed by atoms with E-state index in [1.165, 1.54) is 12.8 Å². The SMILES string of the molecule is CC1CCN(CC(C)(NC2CC2)C(=O)O)CC1. The zero-order valence-corrected chi connectivity index (χ0v) is 10.9. The highest BCUT2D eigenvalue weighted by Crippen LogP contribution is 2.24. The summed E-state index contributed by atoms with van der Waals surface area (Å²) in [6.07, 6.45) is 4.64. The molecule has 1 aliphatic heterocycles. The fourth-order valence-electron chi connectivity index (χ4n) is 2.52. The second-order valence-electron chi connectivity index (χ2n) is 6.01. The first-order chi connectivity index (χ1) is 7.99. The number of hydrogen-bond acceptors (Lipinski definition) is 3. The molecule has 4 nitrogen and oxygen atoms in total. The van der Waals surface area contributed by atoms with Crippen LogP contribution in [0.15, 0.2) is 0 Å². The minimum atomic E-state index is -0.776. The van der Waals surface area contributed by atoms with Gasteiger partial charge in [-0.05, 0) is 51.6 Å². The molecule has 1 atom stereocenters. The zero-order chi connectivity index (χ0) is 12.5. The van der Waals surface area contributed by atoms with Crippen LogP contribution < -0.4 is 5.32 Å². The Labute approximate surface area is 103 Å². The van der Waals surface area contributed by atoms with Gasteiger partial charge in [-0.1, -0.05) is 6.92 Å². The van der Waals surface area contributed by atoms with Gasteiger partial charge in [0.1, 0.15) is 5.54 Å². The van der Waals surface area contributed by atoms with Crippen molar-refractivity contribution in [1.82, 2.24) is 10.2 Å². The van der Waals surface area contributed by atoms with E-state index in [0.717, 1.165) is 31.8 Å². The maximum Gasteiger partial charge on any atom is 0.324 e. The third kappa shape index (κ3) is 3.42. The number of carbonyl (C=O) groups is 1. The van der Waals surface area contributed by atoms with Gasteiger partial charge >= 0.3 is 5.97 Å². The van der Waals surface area contributed by atoms with Crippen molar-refractivity contribution in [2.24, 2.45) is 5.92 Å². The molecule has 2 rings (SSSR count). The fraction of sp³-hybridized carbons (Fsp3) is 0.923. The van der Waals surface area contributed by atoms with Gasteiger partial charge in [0.2, 0.25) is 0 Å². The molecule has 2 N–H and O–H groups in total. The quantitative estimate of drug-likeness (QED) is 0.761. The number of nitrogens with zero attached hydrogens (tertiary/aromatic N) is 1. The minimum Gasteiger partial charge on any atom is -0.480 e. The summed E-state index contributed by atoms with van der Waals surface area (Å²) in [4.78, 5) is 13.7. The lowest BCUT2D eigenvalue weighted by Crippen LogP contribution is -2.58. The number of piperidine rings is 1. The van der Waals surface area contributed by atoms with E-state index in [4.69, 9.17) is 0 Å². The van der Waals surface area contributed by atoms with E-state index >= 15 is 0 Å². The summed E-state index contributed by atoms with van der Waals surface area (Å²) in [5, 5.41) is 12.7. The molecule has 1 aliphatic carbocycles. The second-order valence-corrected chi connectivity index (χ2v) is 6.01.